The molecule has 8 heteroatoms. The summed E-state index contributed by atoms with van der Waals surface area (Å²) in [5.41, 5.74) is 0. The van der Waals surface area contributed by atoms with Crippen LogP contribution in [-0.2, 0) is 28.6 Å². The van der Waals surface area contributed by atoms with Gasteiger partial charge in [0.1, 0.15) is 12.6 Å². The topological polar surface area (TPSA) is 102 Å². The van der Waals surface area contributed by atoms with Crippen LogP contribution in [0.1, 0.15) is 149 Å². The summed E-state index contributed by atoms with van der Waals surface area (Å²) < 4.78 is 17.0. The number of carboxylic acid groups (broad SMARTS) is 1. The molecule has 0 saturated heterocycles. The van der Waals surface area contributed by atoms with E-state index in [1.54, 1.807) is 21.1 Å². The Balaban J connectivity index is 4.53. The number of rotatable bonds is 37. The van der Waals surface area contributed by atoms with Crippen LogP contribution >= 0.6 is 0 Å². The van der Waals surface area contributed by atoms with Crippen LogP contribution < -0.4 is 5.11 Å². The highest BCUT2D eigenvalue weighted by molar-refractivity contribution is 5.70. The lowest BCUT2D eigenvalue weighted by molar-refractivity contribution is -0.889. The Hall–Kier alpha value is -3.49. The quantitative estimate of drug-likeness (QED) is 0.0268. The Morgan fingerprint density at radius 1 is 0.554 bits per heavy atom. The molecule has 318 valence electrons. The lowest BCUT2D eigenvalue weighted by Crippen LogP contribution is -2.55. The molecule has 8 nitrogen and oxygen atoms in total. The Bertz CT molecular complexity index is 1190. The van der Waals surface area contributed by atoms with Crippen molar-refractivity contribution in [2.75, 3.05) is 41.0 Å². The molecule has 0 aromatic rings. The lowest BCUT2D eigenvalue weighted by atomic mass is 10.1. The maximum absolute atomic E-state index is 12.7. The molecule has 0 aliphatic carbocycles. The molecule has 56 heavy (non-hydrogen) atoms. The second-order valence-electron chi connectivity index (χ2n) is 15.2. The van der Waals surface area contributed by atoms with Crippen LogP contribution in [0.3, 0.4) is 0 Å². The molecule has 2 unspecified atom stereocenters. The van der Waals surface area contributed by atoms with E-state index in [9.17, 15) is 19.5 Å². The average molecular weight is 782 g/mol. The molecule has 0 heterocycles. The molecule has 0 aliphatic rings. The van der Waals surface area contributed by atoms with Crippen molar-refractivity contribution in [3.8, 4) is 0 Å². The van der Waals surface area contributed by atoms with Crippen molar-refractivity contribution in [2.24, 2.45) is 0 Å². The number of hydrogen-bond donors (Lipinski definition) is 0. The number of quaternary nitrogens is 1. The zero-order valence-electron chi connectivity index (χ0n) is 36.0. The molecule has 0 fully saturated rings. The fourth-order valence-corrected chi connectivity index (χ4v) is 5.68. The van der Waals surface area contributed by atoms with Crippen molar-refractivity contribution in [2.45, 2.75) is 161 Å². The second-order valence-corrected chi connectivity index (χ2v) is 15.2. The molecule has 0 amide bonds. The third-order valence-corrected chi connectivity index (χ3v) is 9.03. The Kier molecular flexibility index (Phi) is 36.0. The number of aliphatic carboxylic acids is 1. The highest BCUT2D eigenvalue weighted by Crippen LogP contribution is 2.11. The largest absolute Gasteiger partial charge is 0.544 e. The van der Waals surface area contributed by atoms with Crippen molar-refractivity contribution in [1.29, 1.82) is 0 Å². The predicted molar refractivity (Wildman–Crippen MR) is 231 cm³/mol. The van der Waals surface area contributed by atoms with E-state index in [0.29, 0.717) is 12.8 Å². The molecule has 0 aromatic carbocycles. The number of carbonyl (C=O) groups excluding carboxylic acids is 3. The Labute approximate surface area is 342 Å². The number of carboxylic acids is 1. The molecule has 0 bridgehead atoms. The summed E-state index contributed by atoms with van der Waals surface area (Å²) in [6, 6.07) is -0.744. The molecule has 0 N–H and O–H groups in total. The highest BCUT2D eigenvalue weighted by atomic mass is 16.6. The summed E-state index contributed by atoms with van der Waals surface area (Å²) in [7, 11) is 5.36. The van der Waals surface area contributed by atoms with Crippen LogP contribution in [-0.4, -0.2) is 75.5 Å². The van der Waals surface area contributed by atoms with Gasteiger partial charge in [0.25, 0.3) is 0 Å². The first-order valence-corrected chi connectivity index (χ1v) is 21.6. The first-order chi connectivity index (χ1) is 27.1. The minimum atomic E-state index is -1.14. The fourth-order valence-electron chi connectivity index (χ4n) is 5.68. The summed E-state index contributed by atoms with van der Waals surface area (Å²) in [5.74, 6) is -1.88. The van der Waals surface area contributed by atoms with Crippen LogP contribution in [0, 0.1) is 0 Å². The molecule has 0 rings (SSSR count). The summed E-state index contributed by atoms with van der Waals surface area (Å²) in [6.07, 6.45) is 49.1. The third-order valence-electron chi connectivity index (χ3n) is 9.03. The van der Waals surface area contributed by atoms with Crippen molar-refractivity contribution in [3.63, 3.8) is 0 Å². The number of esters is 2. The number of nitrogens with zero attached hydrogens (tertiary/aromatic N) is 1. The van der Waals surface area contributed by atoms with Crippen molar-refractivity contribution in [3.05, 3.63) is 85.1 Å². The number of carbonyl (C=O) groups is 3. The van der Waals surface area contributed by atoms with Crippen LogP contribution in [0.2, 0.25) is 0 Å². The SMILES string of the molecule is CC/C=C/C/C=C/C/C=C/C/C=C/C/C=C/C/C=C/CCC(=O)OC(COCCC(C(=O)[O-])[N+](C)(C)C)COC(=O)CCCCC/C=C/CCCCCCCC. The summed E-state index contributed by atoms with van der Waals surface area (Å²) in [4.78, 5) is 36.8. The standard InChI is InChI=1S/C48H79NO7/c1-6-8-10-12-14-16-18-20-21-22-23-24-25-27-29-31-33-35-37-39-47(51)56-44(42-54-41-40-45(48(52)53)49(3,4)5)43-55-46(50)38-36-34-32-30-28-26-19-17-15-13-11-9-7-2/h8,10,14,16,20-21,23-24,26-29,33,35,44-45H,6-7,9,11-13,15,17-19,22,25,30-32,34,36-43H2,1-5H3/b10-8+,16-14+,21-20+,24-23+,28-26+,29-27+,35-33+. The smallest absolute Gasteiger partial charge is 0.306 e. The van der Waals surface area contributed by atoms with E-state index in [1.165, 1.54) is 38.5 Å². The number of ether oxygens (including phenoxy) is 3. The van der Waals surface area contributed by atoms with E-state index >= 15 is 0 Å². The molecule has 0 spiro atoms. The van der Waals surface area contributed by atoms with Crippen LogP contribution in [0.25, 0.3) is 0 Å². The van der Waals surface area contributed by atoms with E-state index in [2.05, 4.69) is 86.8 Å². The van der Waals surface area contributed by atoms with Crippen molar-refractivity contribution in [1.82, 2.24) is 0 Å². The van der Waals surface area contributed by atoms with Gasteiger partial charge in [-0.05, 0) is 77.0 Å². The number of unbranched alkanes of at least 4 members (excludes halogenated alkanes) is 9. The van der Waals surface area contributed by atoms with Gasteiger partial charge in [-0.2, -0.15) is 0 Å². The summed E-state index contributed by atoms with van der Waals surface area (Å²) in [6.45, 7) is 4.42. The highest BCUT2D eigenvalue weighted by Gasteiger charge is 2.25. The van der Waals surface area contributed by atoms with Gasteiger partial charge < -0.3 is 28.6 Å². The molecular weight excluding hydrogens is 703 g/mol. The van der Waals surface area contributed by atoms with Crippen molar-refractivity contribution >= 4 is 17.9 Å². The van der Waals surface area contributed by atoms with Gasteiger partial charge in [-0.15, -0.1) is 0 Å². The molecule has 0 aromatic heterocycles. The normalized spacial score (nSPS) is 13.8. The van der Waals surface area contributed by atoms with Crippen LogP contribution in [0.15, 0.2) is 85.1 Å². The fraction of sp³-hybridized carbons (Fsp3) is 0.646. The maximum Gasteiger partial charge on any atom is 0.306 e. The van der Waals surface area contributed by atoms with E-state index in [0.717, 1.165) is 70.6 Å². The number of likely N-dealkylation sites (N-methyl/N-ethyl adjacent to an activating group) is 1. The Morgan fingerprint density at radius 3 is 1.55 bits per heavy atom. The molecule has 2 atom stereocenters. The summed E-state index contributed by atoms with van der Waals surface area (Å²) >= 11 is 0. The van der Waals surface area contributed by atoms with Gasteiger partial charge in [-0.1, -0.05) is 137 Å². The third kappa shape index (κ3) is 36.2. The molecule has 0 saturated carbocycles. The average Bonchev–Trinajstić information content (AvgIpc) is 3.15. The number of allylic oxidation sites excluding steroid dienone is 14. The van der Waals surface area contributed by atoms with Crippen LogP contribution in [0.5, 0.6) is 0 Å². The molecular formula is C48H79NO7. The zero-order valence-corrected chi connectivity index (χ0v) is 36.0. The second kappa shape index (κ2) is 38.4. The van der Waals surface area contributed by atoms with Crippen molar-refractivity contribution < 1.29 is 38.2 Å². The van der Waals surface area contributed by atoms with Gasteiger partial charge in [-0.25, -0.2) is 0 Å². The monoisotopic (exact) mass is 782 g/mol. The first-order valence-electron chi connectivity index (χ1n) is 21.6. The van der Waals surface area contributed by atoms with Gasteiger partial charge in [-0.3, -0.25) is 9.59 Å². The van der Waals surface area contributed by atoms with E-state index < -0.39 is 24.1 Å². The van der Waals surface area contributed by atoms with Gasteiger partial charge >= 0.3 is 11.9 Å². The minimum absolute atomic E-state index is 0.000909. The predicted octanol–water partition coefficient (Wildman–Crippen LogP) is 10.4. The lowest BCUT2D eigenvalue weighted by Gasteiger charge is -2.34. The Morgan fingerprint density at radius 2 is 1.04 bits per heavy atom. The number of hydrogen-bond acceptors (Lipinski definition) is 7. The van der Waals surface area contributed by atoms with Gasteiger partial charge in [0.2, 0.25) is 0 Å². The maximum atomic E-state index is 12.7. The molecule has 0 radical (unpaired) electrons. The van der Waals surface area contributed by atoms with Gasteiger partial charge in [0, 0.05) is 19.3 Å². The van der Waals surface area contributed by atoms with E-state index in [-0.39, 0.29) is 43.1 Å². The van der Waals surface area contributed by atoms with Crippen LogP contribution in [0.4, 0.5) is 0 Å². The zero-order chi connectivity index (χ0) is 41.4. The first kappa shape index (κ1) is 52.5. The summed E-state index contributed by atoms with van der Waals surface area (Å²) in [5, 5.41) is 11.6. The van der Waals surface area contributed by atoms with Gasteiger partial charge in [0.15, 0.2) is 6.10 Å². The van der Waals surface area contributed by atoms with E-state index in [4.69, 9.17) is 14.2 Å². The van der Waals surface area contributed by atoms with Gasteiger partial charge in [0.05, 0.1) is 40.3 Å². The molecule has 0 aliphatic heterocycles. The minimum Gasteiger partial charge on any atom is -0.544 e. The van der Waals surface area contributed by atoms with E-state index in [1.807, 2.05) is 12.2 Å².